The lowest BCUT2D eigenvalue weighted by Gasteiger charge is -2.39. The van der Waals surface area contributed by atoms with E-state index in [0.29, 0.717) is 0 Å². The van der Waals surface area contributed by atoms with Crippen LogP contribution in [0.2, 0.25) is 0 Å². The number of unbranched alkanes of at least 4 members (excludes halogenated alkanes) is 3. The highest BCUT2D eigenvalue weighted by molar-refractivity contribution is 8.00. The number of amides is 6. The molecular formula is C54H94N8O28S4. The van der Waals surface area contributed by atoms with Gasteiger partial charge in [-0.25, -0.2) is 4.79 Å². The molecule has 0 aromatic carbocycles. The van der Waals surface area contributed by atoms with E-state index < -0.39 is 205 Å². The standard InChI is InChI=1S/C54H94N6O28S4.N2/c61-21-28-36(69)40(73)44(77)51(85-28)89-17-10-32(65)55-14-4-1-7-25(58-35(68)13-20-92-54-47(80)43(76)39(72)31(24-64)88-54)48(81)59-26(8-2-5-15-56-33(66)11-18-90-52-45(78)41(74)37(70)29(22-62)86-52)49(82)60-27(50(83)84)9-3-6-16-57-34(67)12-19-91-53-46(79)42(75)38(71)30(23-63)87-53;1-2/h25-31,36-47,51-54,61-64,69-80H,1-24H2,(H,55,65)(H,56,66)(H,57,67)(H,58,68)(H,59,81)(H,60,82)(H,83,84);/t25-,26-,27-,28+,29+,30+,31+,36+,37+,38+,39+,40-,41-,42-,43-,44-,45-,46-,47-,51+,52+,53+,54+;/m0./s1. The molecule has 36 nitrogen and oxygen atoms in total. The molecule has 6 amide bonds. The highest BCUT2D eigenvalue weighted by Crippen LogP contribution is 2.33. The Balaban J connectivity index is 0.0000114. The van der Waals surface area contributed by atoms with Crippen LogP contribution >= 0.6 is 47.0 Å². The first-order chi connectivity index (χ1) is 44.8. The summed E-state index contributed by atoms with van der Waals surface area (Å²) in [4.78, 5) is 92.8. The highest BCUT2D eigenvalue weighted by Gasteiger charge is 2.47. The van der Waals surface area contributed by atoms with Gasteiger partial charge in [0.25, 0.3) is 0 Å². The van der Waals surface area contributed by atoms with Gasteiger partial charge >= 0.3 is 5.97 Å². The number of rotatable bonds is 41. The molecule has 0 unspecified atom stereocenters. The second-order valence-corrected chi connectivity index (χ2v) is 27.2. The van der Waals surface area contributed by atoms with Gasteiger partial charge < -0.3 is 138 Å². The minimum Gasteiger partial charge on any atom is -0.480 e. The molecule has 0 saturated carbocycles. The third-order valence-corrected chi connectivity index (χ3v) is 20.1. The third-order valence-electron chi connectivity index (χ3n) is 15.5. The van der Waals surface area contributed by atoms with Crippen molar-refractivity contribution in [2.45, 2.75) is 221 Å². The minimum atomic E-state index is -1.68. The Morgan fingerprint density at radius 1 is 0.340 bits per heavy atom. The fraction of sp³-hybridized carbons (Fsp3) is 0.870. The van der Waals surface area contributed by atoms with Gasteiger partial charge in [0.05, 0.1) is 26.4 Å². The predicted octanol–water partition coefficient (Wildman–Crippen LogP) is -8.89. The summed E-state index contributed by atoms with van der Waals surface area (Å²) in [6, 6.07) is -4.32. The van der Waals surface area contributed by atoms with Crippen molar-refractivity contribution in [2.24, 2.45) is 0 Å². The van der Waals surface area contributed by atoms with Crippen molar-refractivity contribution in [3.63, 3.8) is 0 Å². The average molecular weight is 1430 g/mol. The van der Waals surface area contributed by atoms with Crippen LogP contribution in [0.5, 0.6) is 0 Å². The van der Waals surface area contributed by atoms with Crippen molar-refractivity contribution >= 4 is 88.5 Å². The van der Waals surface area contributed by atoms with E-state index in [2.05, 4.69) is 31.9 Å². The summed E-state index contributed by atoms with van der Waals surface area (Å²) in [5, 5.41) is 198. The van der Waals surface area contributed by atoms with Crippen LogP contribution in [0.1, 0.15) is 83.5 Å². The summed E-state index contributed by atoms with van der Waals surface area (Å²) in [5.74, 6) is -4.98. The summed E-state index contributed by atoms with van der Waals surface area (Å²) in [6.45, 7) is -2.34. The monoisotopic (exact) mass is 1430 g/mol. The molecule has 4 rings (SSSR count). The molecule has 0 aromatic rings. The van der Waals surface area contributed by atoms with Crippen molar-refractivity contribution in [3.05, 3.63) is 0 Å². The van der Waals surface area contributed by atoms with E-state index in [1.165, 1.54) is 0 Å². The first kappa shape index (κ1) is 84.5. The summed E-state index contributed by atoms with van der Waals surface area (Å²) < 4.78 is 21.9. The number of carboxylic acid groups (broad SMARTS) is 1. The van der Waals surface area contributed by atoms with Gasteiger partial charge in [0, 0.05) is 79.1 Å². The summed E-state index contributed by atoms with van der Waals surface area (Å²) in [7, 11) is 0. The second-order valence-electron chi connectivity index (χ2n) is 22.4. The van der Waals surface area contributed by atoms with Crippen LogP contribution in [0.15, 0.2) is 0 Å². The van der Waals surface area contributed by atoms with Crippen molar-refractivity contribution in [2.75, 3.05) is 69.1 Å². The van der Waals surface area contributed by atoms with Crippen molar-refractivity contribution in [1.29, 1.82) is 10.8 Å². The van der Waals surface area contributed by atoms with Gasteiger partial charge in [-0.1, -0.05) is 0 Å². The molecule has 4 heterocycles. The summed E-state index contributed by atoms with van der Waals surface area (Å²) >= 11 is 3.82. The largest absolute Gasteiger partial charge is 0.480 e. The molecule has 4 fully saturated rings. The van der Waals surface area contributed by atoms with Crippen LogP contribution in [0, 0.1) is 10.8 Å². The molecule has 0 aliphatic carbocycles. The number of nitrogens with one attached hydrogen (secondary N) is 6. The van der Waals surface area contributed by atoms with E-state index in [4.69, 9.17) is 29.7 Å². The van der Waals surface area contributed by atoms with Crippen LogP contribution in [0.4, 0.5) is 0 Å². The number of ether oxygens (including phenoxy) is 4. The number of aliphatic carboxylic acids is 1. The number of hydrogen-bond acceptors (Lipinski definition) is 33. The maximum atomic E-state index is 14.3. The second kappa shape index (κ2) is 45.1. The van der Waals surface area contributed by atoms with Gasteiger partial charge in [0.1, 0.15) is 138 Å². The number of aliphatic hydroxyl groups excluding tert-OH is 16. The predicted molar refractivity (Wildman–Crippen MR) is 331 cm³/mol. The molecule has 4 aliphatic heterocycles. The summed E-state index contributed by atoms with van der Waals surface area (Å²) in [5.41, 5.74) is -4.33. The quantitative estimate of drug-likeness (QED) is 0.0200. The molecule has 23 N–H and O–H groups in total. The van der Waals surface area contributed by atoms with E-state index in [0.717, 1.165) is 47.0 Å². The van der Waals surface area contributed by atoms with Crippen LogP contribution < -0.4 is 31.9 Å². The third kappa shape index (κ3) is 27.6. The van der Waals surface area contributed by atoms with Crippen molar-refractivity contribution < 1.29 is 139 Å². The molecular weight excluding hydrogens is 1340 g/mol. The number of carbonyl (C=O) groups excluding carboxylic acids is 6. The number of aliphatic hydroxyl groups is 16. The Kier molecular flexibility index (Phi) is 40.5. The fourth-order valence-corrected chi connectivity index (χ4v) is 14.3. The number of carboxylic acids is 1. The maximum Gasteiger partial charge on any atom is 0.326 e. The number of hydrogen-bond donors (Lipinski definition) is 23. The lowest BCUT2D eigenvalue weighted by molar-refractivity contribution is -0.205. The molecule has 23 atom stereocenters. The van der Waals surface area contributed by atoms with Gasteiger partial charge in [-0.3, -0.25) is 28.8 Å². The smallest absolute Gasteiger partial charge is 0.326 e. The first-order valence-corrected chi connectivity index (χ1v) is 34.8. The van der Waals surface area contributed by atoms with Gasteiger partial charge in [0.15, 0.2) is 0 Å². The van der Waals surface area contributed by atoms with E-state index in [1.807, 2.05) is 0 Å². The molecule has 94 heavy (non-hydrogen) atoms. The lowest BCUT2D eigenvalue weighted by atomic mass is 10.0. The molecule has 0 spiro atoms. The Hall–Kier alpha value is -3.69. The lowest BCUT2D eigenvalue weighted by Crippen LogP contribution is -2.57. The Morgan fingerprint density at radius 3 is 0.851 bits per heavy atom. The van der Waals surface area contributed by atoms with Crippen LogP contribution in [0.25, 0.3) is 0 Å². The molecule has 542 valence electrons. The number of thioether (sulfide) groups is 4. The minimum absolute atomic E-state index is 0.0602. The van der Waals surface area contributed by atoms with E-state index in [9.17, 15) is 120 Å². The number of carbonyl (C=O) groups is 7. The van der Waals surface area contributed by atoms with E-state index in [-0.39, 0.29) is 126 Å². The summed E-state index contributed by atoms with van der Waals surface area (Å²) in [6.07, 6.45) is -23.1. The van der Waals surface area contributed by atoms with Crippen LogP contribution in [-0.2, 0) is 52.5 Å². The SMILES string of the molecule is N#N.O=C(CCS[C@H]1O[C@H](CO)[C@@H](O)[C@H](O)[C@@H]1O)NCCCC[C@H](NC(=O)[C@H](CCCCNC(=O)CCS[C@H]1O[C@H](CO)[C@@H](O)[C@H](O)[C@@H]1O)NC(=O)[C@H](CCCCNC(=O)CCS[C@H]1O[C@H](CO)[C@@H](O)[C@H](O)[C@@H]1O)NC(=O)CCS[C@H]1O[C@H](CO)[C@@H](O)[C@H](O)[C@@H]1O)C(=O)O. The fourth-order valence-electron chi connectivity index (χ4n) is 9.87. The van der Waals surface area contributed by atoms with Crippen molar-refractivity contribution in [1.82, 2.24) is 31.9 Å². The highest BCUT2D eigenvalue weighted by atomic mass is 32.2. The van der Waals surface area contributed by atoms with E-state index in [1.54, 1.807) is 0 Å². The van der Waals surface area contributed by atoms with Gasteiger partial charge in [0.2, 0.25) is 35.4 Å². The zero-order valence-electron chi connectivity index (χ0n) is 51.4. The molecule has 0 radical (unpaired) electrons. The van der Waals surface area contributed by atoms with Crippen LogP contribution in [0.3, 0.4) is 0 Å². The Bertz CT molecular complexity index is 2300. The topological polar surface area (TPSA) is 620 Å². The van der Waals surface area contributed by atoms with Crippen LogP contribution in [-0.4, -0.2) is 335 Å². The maximum absolute atomic E-state index is 14.3. The molecule has 0 aromatic heterocycles. The Labute approximate surface area is 558 Å². The van der Waals surface area contributed by atoms with Gasteiger partial charge in [-0.05, 0) is 57.8 Å². The normalized spacial score (nSPS) is 31.9. The average Bonchev–Trinajstić information content (AvgIpc) is 0.885. The van der Waals surface area contributed by atoms with Gasteiger partial charge in [-0.15, -0.1) is 47.0 Å². The molecule has 40 heteroatoms. The zero-order chi connectivity index (χ0) is 70.2. The Morgan fingerprint density at radius 2 is 0.585 bits per heavy atom. The molecule has 4 aliphatic rings. The first-order valence-electron chi connectivity index (χ1n) is 30.6. The zero-order valence-corrected chi connectivity index (χ0v) is 54.6. The van der Waals surface area contributed by atoms with Gasteiger partial charge in [-0.2, -0.15) is 0 Å². The van der Waals surface area contributed by atoms with Crippen molar-refractivity contribution in [3.8, 4) is 0 Å². The molecule has 4 saturated heterocycles. The molecule has 0 bridgehead atoms. The van der Waals surface area contributed by atoms with E-state index >= 15 is 0 Å². The number of nitrogens with zero attached hydrogens (tertiary/aromatic N) is 2.